The number of carbonyl (C=O) groups is 1. The number of hydrogen-bond acceptors (Lipinski definition) is 5. The molecular formula is C14H20N4O2. The van der Waals surface area contributed by atoms with E-state index in [9.17, 15) is 4.79 Å². The lowest BCUT2D eigenvalue weighted by molar-refractivity contribution is -0.137. The van der Waals surface area contributed by atoms with Crippen LogP contribution in [0.15, 0.2) is 4.52 Å². The summed E-state index contributed by atoms with van der Waals surface area (Å²) in [6, 6.07) is 0.278. The predicted octanol–water partition coefficient (Wildman–Crippen LogP) is 1.17. The Balaban J connectivity index is 1.38. The van der Waals surface area contributed by atoms with Crippen LogP contribution in [0.2, 0.25) is 0 Å². The standard InChI is InChI=1S/C14H20N4O2/c1-17-6-2-3-11(17)13-15-12(16-20-13)10-7-18(8-10)14(19)9-4-5-9/h9-11H,2-8H2,1H3. The lowest BCUT2D eigenvalue weighted by Crippen LogP contribution is -2.49. The number of amides is 1. The maximum atomic E-state index is 11.9. The van der Waals surface area contributed by atoms with Gasteiger partial charge in [0.05, 0.1) is 12.0 Å². The van der Waals surface area contributed by atoms with E-state index in [2.05, 4.69) is 22.1 Å². The van der Waals surface area contributed by atoms with Crippen molar-refractivity contribution < 1.29 is 9.32 Å². The van der Waals surface area contributed by atoms with Crippen molar-refractivity contribution in [3.63, 3.8) is 0 Å². The van der Waals surface area contributed by atoms with Gasteiger partial charge in [-0.25, -0.2) is 0 Å². The van der Waals surface area contributed by atoms with Gasteiger partial charge in [-0.3, -0.25) is 9.69 Å². The first-order valence-electron chi connectivity index (χ1n) is 7.55. The number of likely N-dealkylation sites (tertiary alicyclic amines) is 2. The summed E-state index contributed by atoms with van der Waals surface area (Å²) in [4.78, 5) is 20.6. The fourth-order valence-electron chi connectivity index (χ4n) is 3.18. The monoisotopic (exact) mass is 276 g/mol. The highest BCUT2D eigenvalue weighted by Gasteiger charge is 2.41. The van der Waals surface area contributed by atoms with E-state index in [0.29, 0.717) is 11.8 Å². The largest absolute Gasteiger partial charge is 0.341 e. The van der Waals surface area contributed by atoms with Gasteiger partial charge < -0.3 is 9.42 Å². The van der Waals surface area contributed by atoms with Crippen molar-refractivity contribution in [2.45, 2.75) is 37.6 Å². The average molecular weight is 276 g/mol. The molecule has 1 saturated carbocycles. The van der Waals surface area contributed by atoms with E-state index in [0.717, 1.165) is 50.6 Å². The Bertz CT molecular complexity index is 519. The molecule has 1 unspecified atom stereocenters. The van der Waals surface area contributed by atoms with Crippen molar-refractivity contribution in [2.75, 3.05) is 26.7 Å². The average Bonchev–Trinajstić information content (AvgIpc) is 2.99. The van der Waals surface area contributed by atoms with Crippen LogP contribution in [0, 0.1) is 5.92 Å². The zero-order valence-corrected chi connectivity index (χ0v) is 11.8. The van der Waals surface area contributed by atoms with Gasteiger partial charge in [0.1, 0.15) is 0 Å². The zero-order valence-electron chi connectivity index (χ0n) is 11.8. The molecule has 1 atom stereocenters. The van der Waals surface area contributed by atoms with E-state index in [4.69, 9.17) is 4.52 Å². The summed E-state index contributed by atoms with van der Waals surface area (Å²) in [5.41, 5.74) is 0. The van der Waals surface area contributed by atoms with E-state index in [1.165, 1.54) is 6.42 Å². The number of nitrogens with zero attached hydrogens (tertiary/aromatic N) is 4. The smallest absolute Gasteiger partial charge is 0.243 e. The Morgan fingerprint density at radius 2 is 2.10 bits per heavy atom. The maximum Gasteiger partial charge on any atom is 0.243 e. The Hall–Kier alpha value is -1.43. The molecule has 0 spiro atoms. The molecule has 0 radical (unpaired) electrons. The molecule has 3 fully saturated rings. The Morgan fingerprint density at radius 1 is 1.30 bits per heavy atom. The van der Waals surface area contributed by atoms with Crippen LogP contribution in [0.5, 0.6) is 0 Å². The summed E-state index contributed by atoms with van der Waals surface area (Å²) in [6.07, 6.45) is 4.42. The summed E-state index contributed by atoms with van der Waals surface area (Å²) >= 11 is 0. The van der Waals surface area contributed by atoms with Crippen molar-refractivity contribution in [3.05, 3.63) is 11.7 Å². The minimum absolute atomic E-state index is 0.266. The summed E-state index contributed by atoms with van der Waals surface area (Å²) in [5.74, 6) is 2.42. The second kappa shape index (κ2) is 4.55. The SMILES string of the molecule is CN1CCCC1c1nc(C2CN(C(=O)C3CC3)C2)no1. The van der Waals surface area contributed by atoms with Gasteiger partial charge in [-0.15, -0.1) is 0 Å². The molecule has 2 saturated heterocycles. The number of rotatable bonds is 3. The number of hydrogen-bond donors (Lipinski definition) is 0. The summed E-state index contributed by atoms with van der Waals surface area (Å²) < 4.78 is 5.43. The highest BCUT2D eigenvalue weighted by molar-refractivity contribution is 5.81. The molecule has 0 aromatic carbocycles. The molecule has 0 bridgehead atoms. The molecule has 1 aromatic rings. The first-order chi connectivity index (χ1) is 9.72. The summed E-state index contributed by atoms with van der Waals surface area (Å²) in [7, 11) is 2.10. The maximum absolute atomic E-state index is 11.9. The van der Waals surface area contributed by atoms with Crippen molar-refractivity contribution in [1.29, 1.82) is 0 Å². The van der Waals surface area contributed by atoms with Crippen LogP contribution in [-0.4, -0.2) is 52.5 Å². The first-order valence-corrected chi connectivity index (χ1v) is 7.55. The molecule has 0 N–H and O–H groups in total. The third-order valence-corrected chi connectivity index (χ3v) is 4.75. The molecule has 1 aliphatic carbocycles. The van der Waals surface area contributed by atoms with E-state index >= 15 is 0 Å². The van der Waals surface area contributed by atoms with Gasteiger partial charge in [-0.05, 0) is 39.3 Å². The second-order valence-corrected chi connectivity index (χ2v) is 6.34. The van der Waals surface area contributed by atoms with E-state index in [1.54, 1.807) is 0 Å². The van der Waals surface area contributed by atoms with Crippen molar-refractivity contribution in [2.24, 2.45) is 5.92 Å². The fourth-order valence-corrected chi connectivity index (χ4v) is 3.18. The van der Waals surface area contributed by atoms with Gasteiger partial charge in [0.25, 0.3) is 0 Å². The van der Waals surface area contributed by atoms with Crippen LogP contribution in [-0.2, 0) is 4.79 Å². The molecule has 6 nitrogen and oxygen atoms in total. The number of carbonyl (C=O) groups excluding carboxylic acids is 1. The Kier molecular flexibility index (Phi) is 2.80. The van der Waals surface area contributed by atoms with Gasteiger partial charge >= 0.3 is 0 Å². The zero-order chi connectivity index (χ0) is 13.7. The molecule has 4 rings (SSSR count). The normalized spacial score (nSPS) is 27.9. The Labute approximate surface area is 118 Å². The third kappa shape index (κ3) is 2.02. The van der Waals surface area contributed by atoms with Crippen molar-refractivity contribution in [1.82, 2.24) is 19.9 Å². The van der Waals surface area contributed by atoms with Gasteiger partial charge in [0, 0.05) is 19.0 Å². The molecule has 20 heavy (non-hydrogen) atoms. The van der Waals surface area contributed by atoms with Gasteiger partial charge in [-0.1, -0.05) is 5.16 Å². The quantitative estimate of drug-likeness (QED) is 0.829. The predicted molar refractivity (Wildman–Crippen MR) is 70.9 cm³/mol. The first kappa shape index (κ1) is 12.3. The molecule has 3 heterocycles. The highest BCUT2D eigenvalue weighted by Crippen LogP contribution is 2.36. The van der Waals surface area contributed by atoms with Gasteiger partial charge in [0.2, 0.25) is 11.8 Å². The molecule has 6 heteroatoms. The summed E-state index contributed by atoms with van der Waals surface area (Å²) in [5, 5.41) is 4.12. The van der Waals surface area contributed by atoms with Crippen LogP contribution in [0.25, 0.3) is 0 Å². The topological polar surface area (TPSA) is 62.5 Å². The lowest BCUT2D eigenvalue weighted by Gasteiger charge is -2.37. The third-order valence-electron chi connectivity index (χ3n) is 4.75. The molecule has 108 valence electrons. The molecule has 1 amide bonds. The van der Waals surface area contributed by atoms with Crippen LogP contribution in [0.3, 0.4) is 0 Å². The molecule has 3 aliphatic rings. The van der Waals surface area contributed by atoms with Crippen LogP contribution in [0.4, 0.5) is 0 Å². The van der Waals surface area contributed by atoms with Crippen molar-refractivity contribution >= 4 is 5.91 Å². The van der Waals surface area contributed by atoms with Crippen LogP contribution < -0.4 is 0 Å². The molecular weight excluding hydrogens is 256 g/mol. The molecule has 1 aromatic heterocycles. The van der Waals surface area contributed by atoms with Gasteiger partial charge in [-0.2, -0.15) is 4.98 Å². The van der Waals surface area contributed by atoms with E-state index in [1.807, 2.05) is 4.90 Å². The van der Waals surface area contributed by atoms with E-state index < -0.39 is 0 Å². The van der Waals surface area contributed by atoms with Crippen molar-refractivity contribution in [3.8, 4) is 0 Å². The highest BCUT2D eigenvalue weighted by atomic mass is 16.5. The number of aromatic nitrogens is 2. The van der Waals surface area contributed by atoms with Crippen LogP contribution in [0.1, 0.15) is 49.4 Å². The lowest BCUT2D eigenvalue weighted by atomic mass is 9.99. The Morgan fingerprint density at radius 3 is 2.75 bits per heavy atom. The fraction of sp³-hybridized carbons (Fsp3) is 0.786. The van der Waals surface area contributed by atoms with Gasteiger partial charge in [0.15, 0.2) is 5.82 Å². The van der Waals surface area contributed by atoms with E-state index in [-0.39, 0.29) is 12.0 Å². The molecule has 2 aliphatic heterocycles. The second-order valence-electron chi connectivity index (χ2n) is 6.34. The minimum Gasteiger partial charge on any atom is -0.341 e. The summed E-state index contributed by atoms with van der Waals surface area (Å²) in [6.45, 7) is 2.61. The van der Waals surface area contributed by atoms with Crippen LogP contribution >= 0.6 is 0 Å². The minimum atomic E-state index is 0.266.